The van der Waals surface area contributed by atoms with Gasteiger partial charge in [0.2, 0.25) is 5.78 Å². The van der Waals surface area contributed by atoms with Gasteiger partial charge in [0, 0.05) is 0 Å². The first-order chi connectivity index (χ1) is 13.6. The summed E-state index contributed by atoms with van der Waals surface area (Å²) in [5.41, 5.74) is -1.98. The molecule has 0 N–H and O–H groups in total. The fourth-order valence-electron chi connectivity index (χ4n) is 4.55. The van der Waals surface area contributed by atoms with Gasteiger partial charge in [-0.1, -0.05) is 32.1 Å². The first kappa shape index (κ1) is 25.0. The van der Waals surface area contributed by atoms with Crippen molar-refractivity contribution in [1.82, 2.24) is 9.80 Å². The molecule has 0 aromatic heterocycles. The summed E-state index contributed by atoms with van der Waals surface area (Å²) in [6.07, 6.45) is 3.66. The molecule has 174 valence electrons. The lowest BCUT2D eigenvalue weighted by Gasteiger charge is -2.36. The summed E-state index contributed by atoms with van der Waals surface area (Å²) >= 11 is 0. The summed E-state index contributed by atoms with van der Waals surface area (Å²) in [4.78, 5) is 28.6. The standard InChI is InChI=1S/C22H38F2N2O4/c1-20(2,3)30-19(28)26-16(13-15-11-9-8-10-12-15)17(29-21(26,4)5)18(27)22(23,24)14-25(6)7/h15-17H,8-14H2,1-7H3/t16-,17+/m0/s1. The molecule has 0 bridgehead atoms. The van der Waals surface area contributed by atoms with Crippen LogP contribution in [-0.4, -0.2) is 71.7 Å². The molecule has 8 heteroatoms. The summed E-state index contributed by atoms with van der Waals surface area (Å²) in [5, 5.41) is 0. The number of rotatable bonds is 6. The number of carbonyl (C=O) groups excluding carboxylic acids is 2. The molecule has 2 fully saturated rings. The van der Waals surface area contributed by atoms with Crippen LogP contribution in [0.4, 0.5) is 13.6 Å². The Labute approximate surface area is 179 Å². The molecule has 6 nitrogen and oxygen atoms in total. The number of ether oxygens (including phenoxy) is 2. The van der Waals surface area contributed by atoms with Gasteiger partial charge in [-0.15, -0.1) is 0 Å². The number of Topliss-reactive ketones (excluding diaryl/α,β-unsaturated/α-hetero) is 1. The maximum atomic E-state index is 14.7. The van der Waals surface area contributed by atoms with Gasteiger partial charge in [0.05, 0.1) is 12.6 Å². The first-order valence-corrected chi connectivity index (χ1v) is 10.9. The number of halogens is 2. The third-order valence-corrected chi connectivity index (χ3v) is 5.70. The maximum Gasteiger partial charge on any atom is 0.412 e. The van der Waals surface area contributed by atoms with Gasteiger partial charge in [0.1, 0.15) is 17.4 Å². The Balaban J connectivity index is 2.36. The van der Waals surface area contributed by atoms with Gasteiger partial charge in [-0.05, 0) is 61.1 Å². The molecular formula is C22H38F2N2O4. The lowest BCUT2D eigenvalue weighted by molar-refractivity contribution is -0.161. The molecule has 0 radical (unpaired) electrons. The Morgan fingerprint density at radius 1 is 1.13 bits per heavy atom. The molecule has 1 heterocycles. The Morgan fingerprint density at radius 2 is 1.70 bits per heavy atom. The fraction of sp³-hybridized carbons (Fsp3) is 0.909. The average Bonchev–Trinajstić information content (AvgIpc) is 2.82. The number of hydrogen-bond donors (Lipinski definition) is 0. The second-order valence-corrected chi connectivity index (χ2v) is 10.4. The number of alkyl halides is 2. The van der Waals surface area contributed by atoms with Crippen molar-refractivity contribution in [2.45, 2.75) is 103 Å². The van der Waals surface area contributed by atoms with E-state index in [1.165, 1.54) is 23.9 Å². The van der Waals surface area contributed by atoms with Crippen molar-refractivity contribution in [2.75, 3.05) is 20.6 Å². The molecule has 1 aliphatic heterocycles. The Bertz CT molecular complexity index is 625. The van der Waals surface area contributed by atoms with E-state index in [4.69, 9.17) is 9.47 Å². The fourth-order valence-corrected chi connectivity index (χ4v) is 4.55. The second kappa shape index (κ2) is 9.07. The van der Waals surface area contributed by atoms with E-state index in [9.17, 15) is 18.4 Å². The molecule has 2 rings (SSSR count). The third-order valence-electron chi connectivity index (χ3n) is 5.70. The highest BCUT2D eigenvalue weighted by Crippen LogP contribution is 2.41. The largest absolute Gasteiger partial charge is 0.444 e. The zero-order chi connectivity index (χ0) is 22.9. The summed E-state index contributed by atoms with van der Waals surface area (Å²) in [5.74, 6) is -4.57. The quantitative estimate of drug-likeness (QED) is 0.620. The van der Waals surface area contributed by atoms with Crippen LogP contribution in [-0.2, 0) is 14.3 Å². The van der Waals surface area contributed by atoms with Crippen LogP contribution >= 0.6 is 0 Å². The number of ketones is 1. The third kappa shape index (κ3) is 6.13. The molecule has 1 amide bonds. The van der Waals surface area contributed by atoms with E-state index in [2.05, 4.69) is 0 Å². The molecule has 0 aromatic rings. The highest BCUT2D eigenvalue weighted by molar-refractivity contribution is 5.91. The van der Waals surface area contributed by atoms with Crippen molar-refractivity contribution >= 4 is 11.9 Å². The number of nitrogens with zero attached hydrogens (tertiary/aromatic N) is 2. The van der Waals surface area contributed by atoms with Gasteiger partial charge < -0.3 is 14.4 Å². The lowest BCUT2D eigenvalue weighted by atomic mass is 9.82. The van der Waals surface area contributed by atoms with E-state index in [0.717, 1.165) is 32.1 Å². The van der Waals surface area contributed by atoms with Crippen LogP contribution in [0.25, 0.3) is 0 Å². The van der Waals surface area contributed by atoms with Crippen LogP contribution in [0, 0.1) is 5.92 Å². The second-order valence-electron chi connectivity index (χ2n) is 10.4. The molecule has 0 aromatic carbocycles. The predicted octanol–water partition coefficient (Wildman–Crippen LogP) is 4.46. The van der Waals surface area contributed by atoms with Crippen molar-refractivity contribution in [3.05, 3.63) is 0 Å². The molecule has 0 unspecified atom stereocenters. The summed E-state index contributed by atoms with van der Waals surface area (Å²) in [6, 6.07) is -0.779. The molecule has 1 aliphatic carbocycles. The Hall–Kier alpha value is -1.28. The van der Waals surface area contributed by atoms with Gasteiger partial charge >= 0.3 is 12.0 Å². The van der Waals surface area contributed by atoms with Crippen LogP contribution < -0.4 is 0 Å². The van der Waals surface area contributed by atoms with Crippen molar-refractivity contribution in [1.29, 1.82) is 0 Å². The molecule has 1 saturated heterocycles. The highest BCUT2D eigenvalue weighted by atomic mass is 19.3. The molecule has 0 spiro atoms. The predicted molar refractivity (Wildman–Crippen MR) is 111 cm³/mol. The minimum Gasteiger partial charge on any atom is -0.444 e. The molecule has 2 aliphatic rings. The van der Waals surface area contributed by atoms with Crippen LogP contribution in [0.5, 0.6) is 0 Å². The molecule has 1 saturated carbocycles. The Morgan fingerprint density at radius 3 is 2.20 bits per heavy atom. The number of carbonyl (C=O) groups is 2. The topological polar surface area (TPSA) is 59.1 Å². The minimum atomic E-state index is -3.57. The van der Waals surface area contributed by atoms with E-state index < -0.39 is 47.8 Å². The zero-order valence-corrected chi connectivity index (χ0v) is 19.5. The smallest absolute Gasteiger partial charge is 0.412 e. The van der Waals surface area contributed by atoms with E-state index >= 15 is 0 Å². The van der Waals surface area contributed by atoms with Gasteiger partial charge in [0.25, 0.3) is 0 Å². The summed E-state index contributed by atoms with van der Waals surface area (Å²) in [6.45, 7) is 7.80. The van der Waals surface area contributed by atoms with Crippen LogP contribution in [0.15, 0.2) is 0 Å². The van der Waals surface area contributed by atoms with Crippen molar-refractivity contribution in [2.24, 2.45) is 5.92 Å². The van der Waals surface area contributed by atoms with Crippen LogP contribution in [0.2, 0.25) is 0 Å². The average molecular weight is 433 g/mol. The SMILES string of the molecule is CN(C)CC(F)(F)C(=O)[C@@H]1OC(C)(C)N(C(=O)OC(C)(C)C)[C@H]1CC1CCCCC1. The van der Waals surface area contributed by atoms with Gasteiger partial charge in [-0.25, -0.2) is 4.79 Å². The molecular weight excluding hydrogens is 394 g/mol. The number of hydrogen-bond acceptors (Lipinski definition) is 5. The van der Waals surface area contributed by atoms with Crippen molar-refractivity contribution in [3.8, 4) is 0 Å². The van der Waals surface area contributed by atoms with Gasteiger partial charge in [-0.3, -0.25) is 9.69 Å². The Kier molecular flexibility index (Phi) is 7.55. The van der Waals surface area contributed by atoms with E-state index in [1.807, 2.05) is 0 Å². The van der Waals surface area contributed by atoms with Crippen LogP contribution in [0.1, 0.15) is 73.1 Å². The van der Waals surface area contributed by atoms with Crippen molar-refractivity contribution < 1.29 is 27.8 Å². The zero-order valence-electron chi connectivity index (χ0n) is 19.5. The van der Waals surface area contributed by atoms with E-state index in [0.29, 0.717) is 6.42 Å². The molecule has 30 heavy (non-hydrogen) atoms. The molecule has 2 atom stereocenters. The van der Waals surface area contributed by atoms with Crippen molar-refractivity contribution in [3.63, 3.8) is 0 Å². The summed E-state index contributed by atoms with van der Waals surface area (Å²) < 4.78 is 40.8. The van der Waals surface area contributed by atoms with Gasteiger partial charge in [-0.2, -0.15) is 8.78 Å². The maximum absolute atomic E-state index is 14.7. The summed E-state index contributed by atoms with van der Waals surface area (Å²) in [7, 11) is 2.99. The van der Waals surface area contributed by atoms with Crippen LogP contribution in [0.3, 0.4) is 0 Å². The van der Waals surface area contributed by atoms with E-state index in [-0.39, 0.29) is 5.92 Å². The first-order valence-electron chi connectivity index (χ1n) is 10.9. The minimum absolute atomic E-state index is 0.268. The monoisotopic (exact) mass is 432 g/mol. The highest BCUT2D eigenvalue weighted by Gasteiger charge is 2.58. The number of amides is 1. The lowest BCUT2D eigenvalue weighted by Crippen LogP contribution is -2.53. The normalized spacial score (nSPS) is 25.6. The van der Waals surface area contributed by atoms with E-state index in [1.54, 1.807) is 34.6 Å². The van der Waals surface area contributed by atoms with Gasteiger partial charge in [0.15, 0.2) is 0 Å².